The lowest BCUT2D eigenvalue weighted by molar-refractivity contribution is -0.140. The highest BCUT2D eigenvalue weighted by Crippen LogP contribution is 2.31. The minimum absolute atomic E-state index is 0.0606. The van der Waals surface area contributed by atoms with Gasteiger partial charge in [-0.05, 0) is 36.8 Å². The highest BCUT2D eigenvalue weighted by Gasteiger charge is 2.16. The van der Waals surface area contributed by atoms with Crippen LogP contribution in [-0.2, 0) is 19.1 Å². The van der Waals surface area contributed by atoms with Crippen LogP contribution in [0, 0.1) is 0 Å². The summed E-state index contributed by atoms with van der Waals surface area (Å²) in [5.74, 6) is -1.31. The van der Waals surface area contributed by atoms with E-state index in [2.05, 4.69) is 10.1 Å². The van der Waals surface area contributed by atoms with Crippen molar-refractivity contribution in [3.05, 3.63) is 46.1 Å². The number of carbonyl (C=O) groups is 3. The average molecular weight is 414 g/mol. The van der Waals surface area contributed by atoms with Gasteiger partial charge in [-0.2, -0.15) is 0 Å². The van der Waals surface area contributed by atoms with Crippen LogP contribution in [0.2, 0.25) is 10.0 Å². The zero-order valence-corrected chi connectivity index (χ0v) is 15.9. The van der Waals surface area contributed by atoms with Crippen molar-refractivity contribution in [2.75, 3.05) is 20.3 Å². The molecular weight excluding hydrogens is 397 g/mol. The number of ether oxygens (including phenoxy) is 2. The van der Waals surface area contributed by atoms with Gasteiger partial charge in [-0.1, -0.05) is 23.2 Å². The predicted molar refractivity (Wildman–Crippen MR) is 98.7 cm³/mol. The van der Waals surface area contributed by atoms with Crippen molar-refractivity contribution in [3.63, 3.8) is 0 Å². The zero-order chi connectivity index (χ0) is 19.8. The SMILES string of the molecule is COC(=O)CCCNC(=O)COC(=O)c1ccc(-c2ccc(Cl)cc2Cl)o1. The van der Waals surface area contributed by atoms with Crippen molar-refractivity contribution in [2.24, 2.45) is 0 Å². The first-order valence-electron chi connectivity index (χ1n) is 7.96. The molecule has 1 amide bonds. The minimum Gasteiger partial charge on any atom is -0.469 e. The van der Waals surface area contributed by atoms with E-state index in [0.717, 1.165) is 0 Å². The van der Waals surface area contributed by atoms with E-state index in [4.69, 9.17) is 32.4 Å². The molecule has 2 aromatic rings. The van der Waals surface area contributed by atoms with Gasteiger partial charge in [-0.3, -0.25) is 9.59 Å². The molecule has 9 heteroatoms. The Kier molecular flexibility index (Phi) is 7.69. The number of methoxy groups -OCH3 is 1. The summed E-state index contributed by atoms with van der Waals surface area (Å²) in [7, 11) is 1.29. The molecule has 0 aliphatic carbocycles. The Balaban J connectivity index is 1.82. The molecule has 27 heavy (non-hydrogen) atoms. The molecule has 0 radical (unpaired) electrons. The van der Waals surface area contributed by atoms with Crippen molar-refractivity contribution < 1.29 is 28.3 Å². The quantitative estimate of drug-likeness (QED) is 0.525. The molecule has 0 aliphatic heterocycles. The predicted octanol–water partition coefficient (Wildman–Crippen LogP) is 3.48. The molecule has 1 N–H and O–H groups in total. The lowest BCUT2D eigenvalue weighted by atomic mass is 10.2. The number of rotatable bonds is 8. The second-order valence-corrected chi connectivity index (χ2v) is 6.24. The number of carbonyl (C=O) groups excluding carboxylic acids is 3. The number of esters is 2. The molecule has 0 saturated carbocycles. The van der Waals surface area contributed by atoms with Gasteiger partial charge in [-0.15, -0.1) is 0 Å². The fourth-order valence-corrected chi connectivity index (χ4v) is 2.60. The largest absolute Gasteiger partial charge is 0.469 e. The van der Waals surface area contributed by atoms with Crippen LogP contribution < -0.4 is 5.32 Å². The van der Waals surface area contributed by atoms with E-state index in [0.29, 0.717) is 27.8 Å². The maximum Gasteiger partial charge on any atom is 0.374 e. The number of hydrogen-bond donors (Lipinski definition) is 1. The van der Waals surface area contributed by atoms with E-state index in [9.17, 15) is 14.4 Å². The summed E-state index contributed by atoms with van der Waals surface area (Å²) in [6.07, 6.45) is 0.620. The van der Waals surface area contributed by atoms with E-state index >= 15 is 0 Å². The van der Waals surface area contributed by atoms with Gasteiger partial charge in [0.2, 0.25) is 5.76 Å². The van der Waals surface area contributed by atoms with Crippen molar-refractivity contribution in [1.29, 1.82) is 0 Å². The van der Waals surface area contributed by atoms with E-state index in [1.54, 1.807) is 24.3 Å². The number of nitrogens with one attached hydrogen (secondary N) is 1. The van der Waals surface area contributed by atoms with Gasteiger partial charge in [0.25, 0.3) is 5.91 Å². The van der Waals surface area contributed by atoms with Crippen LogP contribution in [-0.4, -0.2) is 38.1 Å². The Hall–Kier alpha value is -2.51. The van der Waals surface area contributed by atoms with Gasteiger partial charge in [0.15, 0.2) is 6.61 Å². The van der Waals surface area contributed by atoms with Gasteiger partial charge in [0, 0.05) is 23.6 Å². The standard InChI is InChI=1S/C18H17Cl2NO6/c1-25-17(23)3-2-8-21-16(22)10-26-18(24)15-7-6-14(27-15)12-5-4-11(19)9-13(12)20/h4-7,9H,2-3,8,10H2,1H3,(H,21,22). The van der Waals surface area contributed by atoms with Crippen LogP contribution in [0.25, 0.3) is 11.3 Å². The van der Waals surface area contributed by atoms with Gasteiger partial charge in [0.05, 0.1) is 12.1 Å². The van der Waals surface area contributed by atoms with Crippen molar-refractivity contribution in [3.8, 4) is 11.3 Å². The molecule has 7 nitrogen and oxygen atoms in total. The molecule has 0 spiro atoms. The zero-order valence-electron chi connectivity index (χ0n) is 14.4. The summed E-state index contributed by atoms with van der Waals surface area (Å²) >= 11 is 12.0. The summed E-state index contributed by atoms with van der Waals surface area (Å²) in [5.41, 5.74) is 0.573. The monoisotopic (exact) mass is 413 g/mol. The number of amides is 1. The van der Waals surface area contributed by atoms with Gasteiger partial charge in [-0.25, -0.2) is 4.79 Å². The Bertz CT molecular complexity index is 833. The first-order valence-corrected chi connectivity index (χ1v) is 8.72. The third kappa shape index (κ3) is 6.30. The molecule has 1 aromatic heterocycles. The normalized spacial score (nSPS) is 10.3. The number of hydrogen-bond acceptors (Lipinski definition) is 6. The smallest absolute Gasteiger partial charge is 0.374 e. The fourth-order valence-electron chi connectivity index (χ4n) is 2.10. The van der Waals surface area contributed by atoms with Crippen LogP contribution in [0.4, 0.5) is 0 Å². The second kappa shape index (κ2) is 9.99. The van der Waals surface area contributed by atoms with Gasteiger partial charge < -0.3 is 19.2 Å². The summed E-state index contributed by atoms with van der Waals surface area (Å²) in [6.45, 7) is -0.194. The molecule has 1 aromatic carbocycles. The molecule has 144 valence electrons. The summed E-state index contributed by atoms with van der Waals surface area (Å²) < 4.78 is 14.8. The Labute approximate surface area is 165 Å². The second-order valence-electron chi connectivity index (χ2n) is 5.39. The van der Waals surface area contributed by atoms with Crippen LogP contribution >= 0.6 is 23.2 Å². The summed E-state index contributed by atoms with van der Waals surface area (Å²) in [6, 6.07) is 7.87. The molecule has 0 unspecified atom stereocenters. The Morgan fingerprint density at radius 2 is 1.93 bits per heavy atom. The molecule has 0 fully saturated rings. The molecular formula is C18H17Cl2NO6. The highest BCUT2D eigenvalue weighted by atomic mass is 35.5. The molecule has 2 rings (SSSR count). The average Bonchev–Trinajstić information content (AvgIpc) is 3.12. The number of halogens is 2. The molecule has 1 heterocycles. The maximum atomic E-state index is 12.0. The third-order valence-corrected chi connectivity index (χ3v) is 3.99. The van der Waals surface area contributed by atoms with Crippen molar-refractivity contribution in [2.45, 2.75) is 12.8 Å². The first-order chi connectivity index (χ1) is 12.9. The van der Waals surface area contributed by atoms with E-state index in [1.807, 2.05) is 0 Å². The lowest BCUT2D eigenvalue weighted by Gasteiger charge is -2.05. The number of benzene rings is 1. The number of furan rings is 1. The van der Waals surface area contributed by atoms with Gasteiger partial charge >= 0.3 is 11.9 Å². The highest BCUT2D eigenvalue weighted by molar-refractivity contribution is 6.36. The molecule has 0 saturated heterocycles. The van der Waals surface area contributed by atoms with Crippen molar-refractivity contribution >= 4 is 41.0 Å². The van der Waals surface area contributed by atoms with Crippen molar-refractivity contribution in [1.82, 2.24) is 5.32 Å². The summed E-state index contributed by atoms with van der Waals surface area (Å²) in [5, 5.41) is 3.39. The Morgan fingerprint density at radius 1 is 1.15 bits per heavy atom. The third-order valence-electron chi connectivity index (χ3n) is 3.45. The lowest BCUT2D eigenvalue weighted by Crippen LogP contribution is -2.29. The van der Waals surface area contributed by atoms with Crippen LogP contribution in [0.3, 0.4) is 0 Å². The first kappa shape index (κ1) is 20.8. The fraction of sp³-hybridized carbons (Fsp3) is 0.278. The minimum atomic E-state index is -0.781. The van der Waals surface area contributed by atoms with Crippen LogP contribution in [0.5, 0.6) is 0 Å². The van der Waals surface area contributed by atoms with Crippen LogP contribution in [0.15, 0.2) is 34.7 Å². The van der Waals surface area contributed by atoms with E-state index < -0.39 is 18.5 Å². The maximum absolute atomic E-state index is 12.0. The molecule has 0 atom stereocenters. The van der Waals surface area contributed by atoms with E-state index in [-0.39, 0.29) is 24.7 Å². The molecule has 0 aliphatic rings. The topological polar surface area (TPSA) is 94.8 Å². The van der Waals surface area contributed by atoms with Crippen LogP contribution in [0.1, 0.15) is 23.4 Å². The molecule has 0 bridgehead atoms. The van der Waals surface area contributed by atoms with Gasteiger partial charge in [0.1, 0.15) is 5.76 Å². The Morgan fingerprint density at radius 3 is 2.63 bits per heavy atom. The summed E-state index contributed by atoms with van der Waals surface area (Å²) in [4.78, 5) is 34.6. The van der Waals surface area contributed by atoms with E-state index in [1.165, 1.54) is 13.2 Å².